The summed E-state index contributed by atoms with van der Waals surface area (Å²) in [4.78, 5) is 2.42. The number of rotatable bonds is 7. The van der Waals surface area contributed by atoms with Crippen LogP contribution in [0.15, 0.2) is 17.0 Å². The zero-order valence-corrected chi connectivity index (χ0v) is 14.4. The van der Waals surface area contributed by atoms with Crippen molar-refractivity contribution < 1.29 is 8.42 Å². The molecule has 0 unspecified atom stereocenters. The van der Waals surface area contributed by atoms with Gasteiger partial charge in [-0.25, -0.2) is 13.1 Å². The molecular formula is C15H27N3O2S. The van der Waals surface area contributed by atoms with Crippen molar-refractivity contribution in [2.24, 2.45) is 5.73 Å². The summed E-state index contributed by atoms with van der Waals surface area (Å²) in [5, 5.41) is 0. The number of likely N-dealkylation sites (N-methyl/N-ethyl adjacent to an activating group) is 1. The van der Waals surface area contributed by atoms with Crippen LogP contribution in [-0.2, 0) is 16.6 Å². The third-order valence-corrected chi connectivity index (χ3v) is 5.43. The summed E-state index contributed by atoms with van der Waals surface area (Å²) in [7, 11) is -1.52. The molecule has 0 amide bonds. The molecule has 3 N–H and O–H groups in total. The van der Waals surface area contributed by atoms with Crippen LogP contribution in [0.3, 0.4) is 0 Å². The van der Waals surface area contributed by atoms with E-state index in [1.807, 2.05) is 27.0 Å². The minimum absolute atomic E-state index is 0.329. The van der Waals surface area contributed by atoms with Crippen molar-refractivity contribution in [2.45, 2.75) is 45.2 Å². The van der Waals surface area contributed by atoms with E-state index in [-0.39, 0.29) is 0 Å². The highest BCUT2D eigenvalue weighted by Gasteiger charge is 2.18. The Balaban J connectivity index is 2.91. The lowest BCUT2D eigenvalue weighted by Crippen LogP contribution is -2.36. The van der Waals surface area contributed by atoms with Gasteiger partial charge < -0.3 is 10.6 Å². The van der Waals surface area contributed by atoms with E-state index in [4.69, 9.17) is 5.73 Å². The lowest BCUT2D eigenvalue weighted by Gasteiger charge is -2.21. The third-order valence-electron chi connectivity index (χ3n) is 3.84. The molecule has 6 heteroatoms. The van der Waals surface area contributed by atoms with E-state index in [0.29, 0.717) is 30.6 Å². The summed E-state index contributed by atoms with van der Waals surface area (Å²) in [5.41, 5.74) is 8.18. The van der Waals surface area contributed by atoms with Gasteiger partial charge in [0.2, 0.25) is 10.0 Å². The number of hydrogen-bond donors (Lipinski definition) is 2. The minimum atomic E-state index is -3.50. The lowest BCUT2D eigenvalue weighted by atomic mass is 10.1. The van der Waals surface area contributed by atoms with E-state index in [2.05, 4.69) is 23.5 Å². The molecule has 0 saturated heterocycles. The maximum atomic E-state index is 12.5. The fraction of sp³-hybridized carbons (Fsp3) is 0.600. The van der Waals surface area contributed by atoms with Crippen molar-refractivity contribution >= 4 is 10.0 Å². The zero-order valence-electron chi connectivity index (χ0n) is 13.6. The molecule has 0 spiro atoms. The Kier molecular flexibility index (Phi) is 6.34. The standard InChI is InChI=1S/C15H27N3O2S/c1-11(2)18(5)7-6-17-21(19,20)15-9-14(10-16)8-12(3)13(15)4/h8-9,11,17H,6-7,10,16H2,1-5H3. The molecule has 5 nitrogen and oxygen atoms in total. The Hall–Kier alpha value is -0.950. The number of sulfonamides is 1. The predicted molar refractivity (Wildman–Crippen MR) is 86.8 cm³/mol. The first kappa shape index (κ1) is 18.1. The van der Waals surface area contributed by atoms with E-state index in [1.54, 1.807) is 6.07 Å². The van der Waals surface area contributed by atoms with E-state index in [9.17, 15) is 8.42 Å². The van der Waals surface area contributed by atoms with Gasteiger partial charge in [-0.15, -0.1) is 0 Å². The average molecular weight is 313 g/mol. The summed E-state index contributed by atoms with van der Waals surface area (Å²) in [6.07, 6.45) is 0. The van der Waals surface area contributed by atoms with E-state index in [0.717, 1.165) is 16.7 Å². The third kappa shape index (κ3) is 4.78. The Morgan fingerprint density at radius 1 is 1.29 bits per heavy atom. The van der Waals surface area contributed by atoms with Crippen molar-refractivity contribution in [3.8, 4) is 0 Å². The smallest absolute Gasteiger partial charge is 0.240 e. The summed E-state index contributed by atoms with van der Waals surface area (Å²) >= 11 is 0. The number of benzene rings is 1. The van der Waals surface area contributed by atoms with Gasteiger partial charge in [-0.3, -0.25) is 0 Å². The summed E-state index contributed by atoms with van der Waals surface area (Å²) in [5.74, 6) is 0. The first-order valence-electron chi connectivity index (χ1n) is 7.19. The van der Waals surface area contributed by atoms with Crippen molar-refractivity contribution in [1.29, 1.82) is 0 Å². The summed E-state index contributed by atoms with van der Waals surface area (Å²) < 4.78 is 27.6. The van der Waals surface area contributed by atoms with Crippen LogP contribution >= 0.6 is 0 Å². The van der Waals surface area contributed by atoms with Gasteiger partial charge in [0, 0.05) is 25.7 Å². The quantitative estimate of drug-likeness (QED) is 0.797. The van der Waals surface area contributed by atoms with Gasteiger partial charge in [-0.05, 0) is 57.5 Å². The number of hydrogen-bond acceptors (Lipinski definition) is 4. The molecule has 0 aliphatic heterocycles. The largest absolute Gasteiger partial charge is 0.326 e. The molecular weight excluding hydrogens is 286 g/mol. The molecule has 0 fully saturated rings. The van der Waals surface area contributed by atoms with Gasteiger partial charge >= 0.3 is 0 Å². The van der Waals surface area contributed by atoms with Gasteiger partial charge in [0.25, 0.3) is 0 Å². The second-order valence-electron chi connectivity index (χ2n) is 5.71. The fourth-order valence-corrected chi connectivity index (χ4v) is 3.37. The number of aryl methyl sites for hydroxylation is 1. The molecule has 0 heterocycles. The Morgan fingerprint density at radius 3 is 2.43 bits per heavy atom. The topological polar surface area (TPSA) is 75.4 Å². The first-order chi connectivity index (χ1) is 9.69. The zero-order chi connectivity index (χ0) is 16.2. The number of nitrogens with one attached hydrogen (secondary N) is 1. The van der Waals surface area contributed by atoms with Gasteiger partial charge in [0.05, 0.1) is 4.90 Å². The average Bonchev–Trinajstić information content (AvgIpc) is 2.40. The highest BCUT2D eigenvalue weighted by atomic mass is 32.2. The monoisotopic (exact) mass is 313 g/mol. The highest BCUT2D eigenvalue weighted by Crippen LogP contribution is 2.20. The van der Waals surface area contributed by atoms with Gasteiger partial charge in [-0.1, -0.05) is 6.07 Å². The fourth-order valence-electron chi connectivity index (χ4n) is 1.99. The molecule has 120 valence electrons. The summed E-state index contributed by atoms with van der Waals surface area (Å²) in [6, 6.07) is 3.98. The Morgan fingerprint density at radius 2 is 1.90 bits per heavy atom. The molecule has 0 saturated carbocycles. The first-order valence-corrected chi connectivity index (χ1v) is 8.67. The van der Waals surface area contributed by atoms with Crippen LogP contribution in [-0.4, -0.2) is 39.5 Å². The van der Waals surface area contributed by atoms with Crippen LogP contribution in [0.25, 0.3) is 0 Å². The second kappa shape index (κ2) is 7.35. The molecule has 0 aromatic heterocycles. The molecule has 0 aliphatic carbocycles. The van der Waals surface area contributed by atoms with Crippen LogP contribution in [0, 0.1) is 13.8 Å². The van der Waals surface area contributed by atoms with Crippen LogP contribution in [0.2, 0.25) is 0 Å². The van der Waals surface area contributed by atoms with Crippen LogP contribution < -0.4 is 10.5 Å². The molecule has 0 atom stereocenters. The normalized spacial score (nSPS) is 12.4. The molecule has 1 rings (SSSR count). The van der Waals surface area contributed by atoms with Crippen LogP contribution in [0.1, 0.15) is 30.5 Å². The number of nitrogens with two attached hydrogens (primary N) is 1. The van der Waals surface area contributed by atoms with E-state index in [1.165, 1.54) is 0 Å². The van der Waals surface area contributed by atoms with Crippen LogP contribution in [0.5, 0.6) is 0 Å². The van der Waals surface area contributed by atoms with Gasteiger partial charge in [-0.2, -0.15) is 0 Å². The van der Waals surface area contributed by atoms with Crippen LogP contribution in [0.4, 0.5) is 0 Å². The Bertz CT molecular complexity index is 583. The SMILES string of the molecule is Cc1cc(CN)cc(S(=O)(=O)NCCN(C)C(C)C)c1C. The van der Waals surface area contributed by atoms with Crippen molar-refractivity contribution in [1.82, 2.24) is 9.62 Å². The maximum absolute atomic E-state index is 12.5. The minimum Gasteiger partial charge on any atom is -0.326 e. The van der Waals surface area contributed by atoms with Gasteiger partial charge in [0.15, 0.2) is 0 Å². The highest BCUT2D eigenvalue weighted by molar-refractivity contribution is 7.89. The maximum Gasteiger partial charge on any atom is 0.240 e. The molecule has 0 aliphatic rings. The van der Waals surface area contributed by atoms with Crippen molar-refractivity contribution in [3.05, 3.63) is 28.8 Å². The molecule has 0 radical (unpaired) electrons. The van der Waals surface area contributed by atoms with Crippen molar-refractivity contribution in [2.75, 3.05) is 20.1 Å². The Labute approximate surface area is 128 Å². The molecule has 21 heavy (non-hydrogen) atoms. The van der Waals surface area contributed by atoms with E-state index >= 15 is 0 Å². The number of nitrogens with zero attached hydrogens (tertiary/aromatic N) is 1. The van der Waals surface area contributed by atoms with Gasteiger partial charge in [0.1, 0.15) is 0 Å². The second-order valence-corrected chi connectivity index (χ2v) is 7.45. The van der Waals surface area contributed by atoms with Crippen molar-refractivity contribution in [3.63, 3.8) is 0 Å². The molecule has 1 aromatic carbocycles. The summed E-state index contributed by atoms with van der Waals surface area (Å²) in [6.45, 7) is 9.28. The molecule has 1 aromatic rings. The predicted octanol–water partition coefficient (Wildman–Crippen LogP) is 1.38. The van der Waals surface area contributed by atoms with E-state index < -0.39 is 10.0 Å². The molecule has 0 bridgehead atoms. The lowest BCUT2D eigenvalue weighted by molar-refractivity contribution is 0.278.